The summed E-state index contributed by atoms with van der Waals surface area (Å²) in [5.41, 5.74) is 5.94. The van der Waals surface area contributed by atoms with Gasteiger partial charge in [-0.05, 0) is 38.1 Å². The molecule has 2 amide bonds. The van der Waals surface area contributed by atoms with E-state index in [9.17, 15) is 19.7 Å². The second-order valence-corrected chi connectivity index (χ2v) is 7.07. The van der Waals surface area contributed by atoms with E-state index in [2.05, 4.69) is 16.0 Å². The van der Waals surface area contributed by atoms with Crippen LogP contribution in [0.1, 0.15) is 24.2 Å². The van der Waals surface area contributed by atoms with Gasteiger partial charge in [0.25, 0.3) is 17.5 Å². The zero-order chi connectivity index (χ0) is 22.0. The molecular formula is C19H15Cl2N5O4. The highest BCUT2D eigenvalue weighted by Gasteiger charge is 2.31. The first-order valence-corrected chi connectivity index (χ1v) is 9.32. The van der Waals surface area contributed by atoms with Crippen LogP contribution in [0, 0.1) is 10.1 Å². The van der Waals surface area contributed by atoms with Gasteiger partial charge in [0.05, 0.1) is 31.9 Å². The van der Waals surface area contributed by atoms with Gasteiger partial charge in [0.2, 0.25) is 0 Å². The van der Waals surface area contributed by atoms with Crippen molar-refractivity contribution in [1.82, 2.24) is 10.9 Å². The second-order valence-electron chi connectivity index (χ2n) is 6.25. The predicted molar refractivity (Wildman–Crippen MR) is 113 cm³/mol. The molecule has 0 spiro atoms. The Morgan fingerprint density at radius 3 is 2.50 bits per heavy atom. The van der Waals surface area contributed by atoms with E-state index in [1.54, 1.807) is 26.0 Å². The van der Waals surface area contributed by atoms with Crippen LogP contribution in [0.15, 0.2) is 58.8 Å². The number of nitrogens with zero attached hydrogens (tertiary/aromatic N) is 3. The third kappa shape index (κ3) is 4.12. The number of hydrazone groups is 1. The Bertz CT molecular complexity index is 1130. The molecule has 154 valence electrons. The number of halogens is 2. The van der Waals surface area contributed by atoms with Crippen molar-refractivity contribution in [2.24, 2.45) is 5.10 Å². The number of amides is 2. The molecule has 0 radical (unpaired) electrons. The Balaban J connectivity index is 1.79. The number of hydrogen-bond donors (Lipinski definition) is 2. The van der Waals surface area contributed by atoms with Crippen molar-refractivity contribution in [3.63, 3.8) is 0 Å². The highest BCUT2D eigenvalue weighted by molar-refractivity contribution is 6.42. The van der Waals surface area contributed by atoms with Gasteiger partial charge in [-0.25, -0.2) is 0 Å². The standard InChI is InChI=1S/C19H15Cl2N5O4/c1-10(22-23-18(27)13-5-3-4-6-16(13)26(29)30)17-11(2)24-25(19(17)28)12-7-8-14(20)15(21)9-12/h3-9,22H,1-2H3,(H,23,27)/b17-10-. The summed E-state index contributed by atoms with van der Waals surface area (Å²) in [7, 11) is 0. The number of carbonyl (C=O) groups is 2. The van der Waals surface area contributed by atoms with E-state index in [0.717, 1.165) is 0 Å². The van der Waals surface area contributed by atoms with E-state index in [1.165, 1.54) is 35.3 Å². The van der Waals surface area contributed by atoms with E-state index < -0.39 is 16.7 Å². The van der Waals surface area contributed by atoms with Gasteiger partial charge in [0.1, 0.15) is 5.56 Å². The molecule has 0 unspecified atom stereocenters. The molecule has 0 bridgehead atoms. The fraction of sp³-hybridized carbons (Fsp3) is 0.105. The molecule has 3 rings (SSSR count). The number of anilines is 1. The van der Waals surface area contributed by atoms with Gasteiger partial charge >= 0.3 is 0 Å². The zero-order valence-electron chi connectivity index (χ0n) is 15.8. The number of hydrazine groups is 1. The Morgan fingerprint density at radius 1 is 1.13 bits per heavy atom. The van der Waals surface area contributed by atoms with E-state index in [4.69, 9.17) is 23.2 Å². The van der Waals surface area contributed by atoms with E-state index in [1.807, 2.05) is 0 Å². The highest BCUT2D eigenvalue weighted by atomic mass is 35.5. The van der Waals surface area contributed by atoms with Gasteiger partial charge in [0, 0.05) is 11.8 Å². The molecule has 9 nitrogen and oxygen atoms in total. The second kappa shape index (κ2) is 8.52. The molecular weight excluding hydrogens is 433 g/mol. The predicted octanol–water partition coefficient (Wildman–Crippen LogP) is 3.83. The van der Waals surface area contributed by atoms with Crippen LogP contribution in [0.25, 0.3) is 0 Å². The Hall–Kier alpha value is -3.43. The fourth-order valence-corrected chi connectivity index (χ4v) is 3.13. The number of carbonyl (C=O) groups excluding carboxylic acids is 2. The van der Waals surface area contributed by atoms with Gasteiger partial charge in [-0.15, -0.1) is 0 Å². The summed E-state index contributed by atoms with van der Waals surface area (Å²) in [4.78, 5) is 35.6. The number of nitro benzene ring substituents is 1. The lowest BCUT2D eigenvalue weighted by molar-refractivity contribution is -0.385. The average Bonchev–Trinajstić information content (AvgIpc) is 3.02. The quantitative estimate of drug-likeness (QED) is 0.410. The van der Waals surface area contributed by atoms with Crippen LogP contribution >= 0.6 is 23.2 Å². The number of nitro groups is 1. The lowest BCUT2D eigenvalue weighted by atomic mass is 10.1. The first kappa shape index (κ1) is 21.3. The topological polar surface area (TPSA) is 117 Å². The van der Waals surface area contributed by atoms with Crippen molar-refractivity contribution >= 4 is 52.1 Å². The number of para-hydroxylation sites is 1. The Morgan fingerprint density at radius 2 is 1.83 bits per heavy atom. The monoisotopic (exact) mass is 447 g/mol. The Labute approximate surface area is 181 Å². The molecule has 30 heavy (non-hydrogen) atoms. The van der Waals surface area contributed by atoms with E-state index in [0.29, 0.717) is 22.1 Å². The van der Waals surface area contributed by atoms with Crippen molar-refractivity contribution < 1.29 is 14.5 Å². The number of allylic oxidation sites excluding steroid dienone is 1. The zero-order valence-corrected chi connectivity index (χ0v) is 17.3. The molecule has 1 heterocycles. The maximum atomic E-state index is 12.8. The normalized spacial score (nSPS) is 15.0. The van der Waals surface area contributed by atoms with Crippen LogP contribution in [0.4, 0.5) is 11.4 Å². The third-order valence-corrected chi connectivity index (χ3v) is 4.99. The first-order chi connectivity index (χ1) is 14.2. The lowest BCUT2D eigenvalue weighted by Gasteiger charge is -2.14. The summed E-state index contributed by atoms with van der Waals surface area (Å²) in [5, 5.41) is 17.1. The molecule has 11 heteroatoms. The van der Waals surface area contributed by atoms with Crippen molar-refractivity contribution in [2.75, 3.05) is 5.01 Å². The highest BCUT2D eigenvalue weighted by Crippen LogP contribution is 2.30. The molecule has 2 aromatic carbocycles. The molecule has 0 aromatic heterocycles. The molecule has 0 saturated carbocycles. The smallest absolute Gasteiger partial charge is 0.282 e. The summed E-state index contributed by atoms with van der Waals surface area (Å²) < 4.78 is 0. The average molecular weight is 448 g/mol. The lowest BCUT2D eigenvalue weighted by Crippen LogP contribution is -2.38. The van der Waals surface area contributed by atoms with Gasteiger partial charge < -0.3 is 5.43 Å². The third-order valence-electron chi connectivity index (χ3n) is 4.25. The molecule has 0 aliphatic carbocycles. The molecule has 2 aromatic rings. The minimum Gasteiger partial charge on any atom is -0.302 e. The molecule has 1 aliphatic heterocycles. The number of benzene rings is 2. The van der Waals surface area contributed by atoms with Crippen molar-refractivity contribution in [3.8, 4) is 0 Å². The van der Waals surface area contributed by atoms with Crippen molar-refractivity contribution in [3.05, 3.63) is 79.5 Å². The summed E-state index contributed by atoms with van der Waals surface area (Å²) in [6.07, 6.45) is 0. The number of rotatable bonds is 5. The van der Waals surface area contributed by atoms with E-state index >= 15 is 0 Å². The molecule has 2 N–H and O–H groups in total. The summed E-state index contributed by atoms with van der Waals surface area (Å²) in [6, 6.07) is 10.2. The van der Waals surface area contributed by atoms with E-state index in [-0.39, 0.29) is 21.8 Å². The summed E-state index contributed by atoms with van der Waals surface area (Å²) in [5.74, 6) is -1.15. The number of nitrogens with one attached hydrogen (secondary N) is 2. The minimum atomic E-state index is -0.719. The Kier molecular flexibility index (Phi) is 6.04. The molecule has 0 atom stereocenters. The summed E-state index contributed by atoms with van der Waals surface area (Å²) >= 11 is 11.9. The largest absolute Gasteiger partial charge is 0.302 e. The van der Waals surface area contributed by atoms with Crippen LogP contribution in [0.3, 0.4) is 0 Å². The van der Waals surface area contributed by atoms with Crippen molar-refractivity contribution in [1.29, 1.82) is 0 Å². The van der Waals surface area contributed by atoms with Gasteiger partial charge in [-0.2, -0.15) is 10.1 Å². The maximum absolute atomic E-state index is 12.8. The minimum absolute atomic E-state index is 0.117. The van der Waals surface area contributed by atoms with Gasteiger partial charge in [0.15, 0.2) is 0 Å². The first-order valence-electron chi connectivity index (χ1n) is 8.56. The molecule has 0 fully saturated rings. The van der Waals surface area contributed by atoms with Crippen LogP contribution in [-0.4, -0.2) is 22.4 Å². The van der Waals surface area contributed by atoms with Gasteiger partial charge in [-0.3, -0.25) is 25.1 Å². The SMILES string of the molecule is CC1=NN(c2ccc(Cl)c(Cl)c2)C(=O)/C1=C(/C)NNC(=O)c1ccccc1[N+](=O)[O-]. The van der Waals surface area contributed by atoms with Crippen molar-refractivity contribution in [2.45, 2.75) is 13.8 Å². The fourth-order valence-electron chi connectivity index (χ4n) is 2.83. The maximum Gasteiger partial charge on any atom is 0.282 e. The number of hydrogen-bond acceptors (Lipinski definition) is 6. The van der Waals surface area contributed by atoms with Crippen LogP contribution < -0.4 is 15.9 Å². The molecule has 0 saturated heterocycles. The van der Waals surface area contributed by atoms with Crippen LogP contribution in [0.2, 0.25) is 10.0 Å². The van der Waals surface area contributed by atoms with Crippen LogP contribution in [-0.2, 0) is 4.79 Å². The molecule has 1 aliphatic rings. The van der Waals surface area contributed by atoms with Crippen LogP contribution in [0.5, 0.6) is 0 Å². The van der Waals surface area contributed by atoms with Gasteiger partial charge in [-0.1, -0.05) is 35.3 Å². The summed E-state index contributed by atoms with van der Waals surface area (Å²) in [6.45, 7) is 3.21.